The fourth-order valence-electron chi connectivity index (χ4n) is 3.04. The third-order valence-corrected chi connectivity index (χ3v) is 5.00. The predicted octanol–water partition coefficient (Wildman–Crippen LogP) is 3.24. The van der Waals surface area contributed by atoms with Crippen molar-refractivity contribution in [3.63, 3.8) is 0 Å². The van der Waals surface area contributed by atoms with Gasteiger partial charge in [0.1, 0.15) is 0 Å². The Balaban J connectivity index is 0.00000392. The summed E-state index contributed by atoms with van der Waals surface area (Å²) in [6, 6.07) is 14.9. The van der Waals surface area contributed by atoms with Crippen LogP contribution >= 0.6 is 24.0 Å². The number of carbonyl (C=O) groups is 2. The first-order valence-electron chi connectivity index (χ1n) is 8.91. The van der Waals surface area contributed by atoms with Crippen molar-refractivity contribution in [1.29, 1.82) is 0 Å². The molecule has 28 heavy (non-hydrogen) atoms. The van der Waals surface area contributed by atoms with E-state index in [-0.39, 0.29) is 31.5 Å². The van der Waals surface area contributed by atoms with Crippen LogP contribution in [0, 0.1) is 11.8 Å². The Bertz CT molecular complexity index is 784. The maximum Gasteiger partial charge on any atom is 0.223 e. The molecule has 0 fully saturated rings. The van der Waals surface area contributed by atoms with E-state index in [1.165, 1.54) is 0 Å². The van der Waals surface area contributed by atoms with E-state index in [0.29, 0.717) is 23.4 Å². The summed E-state index contributed by atoms with van der Waals surface area (Å²) >= 11 is 5.99. The lowest BCUT2D eigenvalue weighted by Gasteiger charge is -2.21. The van der Waals surface area contributed by atoms with Crippen LogP contribution in [0.2, 0.25) is 5.02 Å². The number of primary amides is 1. The number of nitrogens with one attached hydrogen (secondary N) is 1. The predicted molar refractivity (Wildman–Crippen MR) is 113 cm³/mol. The number of rotatable bonds is 9. The number of benzene rings is 2. The second-order valence-electron chi connectivity index (χ2n) is 6.61. The van der Waals surface area contributed by atoms with Crippen LogP contribution in [0.25, 0.3) is 0 Å². The zero-order valence-electron chi connectivity index (χ0n) is 15.7. The molecule has 0 aliphatic carbocycles. The molecule has 0 aliphatic heterocycles. The minimum atomic E-state index is -0.554. The van der Waals surface area contributed by atoms with Crippen molar-refractivity contribution in [2.45, 2.75) is 32.9 Å². The molecule has 0 saturated heterocycles. The van der Waals surface area contributed by atoms with Crippen molar-refractivity contribution < 1.29 is 14.7 Å². The van der Waals surface area contributed by atoms with Gasteiger partial charge in [0.15, 0.2) is 0 Å². The normalized spacial score (nSPS) is 12.5. The van der Waals surface area contributed by atoms with Crippen molar-refractivity contribution in [1.82, 2.24) is 5.32 Å². The molecule has 0 bridgehead atoms. The number of halogens is 2. The lowest BCUT2D eigenvalue weighted by Crippen LogP contribution is -2.39. The highest BCUT2D eigenvalue weighted by Crippen LogP contribution is 2.20. The molecule has 0 aliphatic rings. The van der Waals surface area contributed by atoms with E-state index in [2.05, 4.69) is 5.32 Å². The summed E-state index contributed by atoms with van der Waals surface area (Å²) in [5, 5.41) is 12.8. The standard InChI is InChI=1S/C21H25ClN2O3.ClH/c1-14(19(20(23)26)10-7-15-5-3-2-4-6-15)21(27)24-12-17-11-18(22)9-8-16(17)13-25;/h2-6,8-9,11,14,19,25H,7,10,12-13H2,1H3,(H2,23,26)(H,24,27);1H/t14-,19?;/m0./s1. The van der Waals surface area contributed by atoms with Crippen LogP contribution < -0.4 is 11.1 Å². The van der Waals surface area contributed by atoms with Gasteiger partial charge in [0.2, 0.25) is 11.8 Å². The van der Waals surface area contributed by atoms with Gasteiger partial charge in [0, 0.05) is 23.4 Å². The van der Waals surface area contributed by atoms with Crippen LogP contribution in [0.5, 0.6) is 0 Å². The van der Waals surface area contributed by atoms with Crippen LogP contribution in [0.3, 0.4) is 0 Å². The molecule has 0 saturated carbocycles. The van der Waals surface area contributed by atoms with Gasteiger partial charge in [-0.05, 0) is 41.7 Å². The first-order valence-corrected chi connectivity index (χ1v) is 9.29. The Morgan fingerprint density at radius 2 is 1.82 bits per heavy atom. The molecule has 2 rings (SSSR count). The molecule has 4 N–H and O–H groups in total. The smallest absolute Gasteiger partial charge is 0.223 e. The van der Waals surface area contributed by atoms with Gasteiger partial charge in [-0.1, -0.05) is 54.9 Å². The molecule has 2 aromatic carbocycles. The first kappa shape index (κ1) is 24.0. The third-order valence-electron chi connectivity index (χ3n) is 4.76. The van der Waals surface area contributed by atoms with Crippen molar-refractivity contribution >= 4 is 35.8 Å². The fourth-order valence-corrected chi connectivity index (χ4v) is 3.24. The van der Waals surface area contributed by atoms with Gasteiger partial charge in [-0.3, -0.25) is 9.59 Å². The SMILES string of the molecule is C[C@H](C(=O)NCc1cc(Cl)ccc1CO)C(CCc1ccccc1)C(N)=O.Cl. The molecule has 2 amide bonds. The topological polar surface area (TPSA) is 92.4 Å². The summed E-state index contributed by atoms with van der Waals surface area (Å²) < 4.78 is 0. The van der Waals surface area contributed by atoms with E-state index in [9.17, 15) is 14.7 Å². The molecule has 2 atom stereocenters. The minimum absolute atomic E-state index is 0. The summed E-state index contributed by atoms with van der Waals surface area (Å²) in [4.78, 5) is 24.4. The number of hydrogen-bond donors (Lipinski definition) is 3. The van der Waals surface area contributed by atoms with Crippen LogP contribution in [0.4, 0.5) is 0 Å². The molecule has 2 aromatic rings. The molecule has 0 spiro atoms. The van der Waals surface area contributed by atoms with Gasteiger partial charge in [0.05, 0.1) is 6.61 Å². The monoisotopic (exact) mass is 424 g/mol. The zero-order valence-corrected chi connectivity index (χ0v) is 17.3. The van der Waals surface area contributed by atoms with Crippen LogP contribution in [0.1, 0.15) is 30.0 Å². The van der Waals surface area contributed by atoms with E-state index < -0.39 is 17.7 Å². The molecular weight excluding hydrogens is 399 g/mol. The summed E-state index contributed by atoms with van der Waals surface area (Å²) in [5.74, 6) is -1.84. The highest BCUT2D eigenvalue weighted by molar-refractivity contribution is 6.30. The molecule has 0 aromatic heterocycles. The summed E-state index contributed by atoms with van der Waals surface area (Å²) in [6.45, 7) is 1.80. The quantitative estimate of drug-likeness (QED) is 0.576. The maximum absolute atomic E-state index is 12.5. The molecule has 0 radical (unpaired) electrons. The number of carbonyl (C=O) groups excluding carboxylic acids is 2. The number of aliphatic hydroxyl groups excluding tert-OH is 1. The summed E-state index contributed by atoms with van der Waals surface area (Å²) in [6.07, 6.45) is 1.18. The van der Waals surface area contributed by atoms with Crippen LogP contribution in [-0.2, 0) is 29.2 Å². The van der Waals surface area contributed by atoms with Crippen molar-refractivity contribution in [2.75, 3.05) is 0 Å². The largest absolute Gasteiger partial charge is 0.392 e. The highest BCUT2D eigenvalue weighted by atomic mass is 35.5. The average molecular weight is 425 g/mol. The first-order chi connectivity index (χ1) is 12.9. The van der Waals surface area contributed by atoms with Crippen LogP contribution in [-0.4, -0.2) is 16.9 Å². The van der Waals surface area contributed by atoms with Crippen molar-refractivity contribution in [2.24, 2.45) is 17.6 Å². The fraction of sp³-hybridized carbons (Fsp3) is 0.333. The van der Waals surface area contributed by atoms with E-state index in [1.807, 2.05) is 30.3 Å². The van der Waals surface area contributed by atoms with E-state index >= 15 is 0 Å². The Hall–Kier alpha value is -2.08. The van der Waals surface area contributed by atoms with E-state index in [0.717, 1.165) is 11.1 Å². The van der Waals surface area contributed by atoms with Gasteiger partial charge >= 0.3 is 0 Å². The Kier molecular flexibility index (Phi) is 10.0. The zero-order chi connectivity index (χ0) is 19.8. The van der Waals surface area contributed by atoms with Crippen LogP contribution in [0.15, 0.2) is 48.5 Å². The van der Waals surface area contributed by atoms with Gasteiger partial charge in [-0.15, -0.1) is 12.4 Å². The second kappa shape index (κ2) is 11.7. The number of aryl methyl sites for hydroxylation is 1. The Morgan fingerprint density at radius 3 is 2.43 bits per heavy atom. The Labute approximate surface area is 176 Å². The number of hydrogen-bond acceptors (Lipinski definition) is 3. The molecule has 7 heteroatoms. The number of nitrogens with two attached hydrogens (primary N) is 1. The highest BCUT2D eigenvalue weighted by Gasteiger charge is 2.28. The molecule has 152 valence electrons. The summed E-state index contributed by atoms with van der Waals surface area (Å²) in [7, 11) is 0. The minimum Gasteiger partial charge on any atom is -0.392 e. The summed E-state index contributed by atoms with van der Waals surface area (Å²) in [5.41, 5.74) is 8.08. The Morgan fingerprint density at radius 1 is 1.14 bits per heavy atom. The third kappa shape index (κ3) is 6.82. The van der Waals surface area contributed by atoms with Gasteiger partial charge in [-0.2, -0.15) is 0 Å². The average Bonchev–Trinajstić information content (AvgIpc) is 2.66. The van der Waals surface area contributed by atoms with E-state index in [1.54, 1.807) is 25.1 Å². The van der Waals surface area contributed by atoms with Crippen molar-refractivity contribution in [3.8, 4) is 0 Å². The number of aliphatic hydroxyl groups is 1. The van der Waals surface area contributed by atoms with E-state index in [4.69, 9.17) is 17.3 Å². The lowest BCUT2D eigenvalue weighted by atomic mass is 9.87. The lowest BCUT2D eigenvalue weighted by molar-refractivity contribution is -0.133. The molecular formula is C21H26Cl2N2O3. The van der Waals surface area contributed by atoms with Gasteiger partial charge < -0.3 is 16.2 Å². The maximum atomic E-state index is 12.5. The van der Waals surface area contributed by atoms with Gasteiger partial charge in [-0.25, -0.2) is 0 Å². The molecule has 5 nitrogen and oxygen atoms in total. The molecule has 1 unspecified atom stereocenters. The second-order valence-corrected chi connectivity index (χ2v) is 7.05. The van der Waals surface area contributed by atoms with Gasteiger partial charge in [0.25, 0.3) is 0 Å². The molecule has 0 heterocycles. The van der Waals surface area contributed by atoms with Crippen molar-refractivity contribution in [3.05, 3.63) is 70.2 Å². The number of amides is 2.